The maximum atomic E-state index is 10.8. The SMILES string of the molecule is CC(C)(C)C1CCCN(c2ncc(C(=O)O)cn2)CC1. The van der Waals surface area contributed by atoms with Gasteiger partial charge >= 0.3 is 5.97 Å². The minimum atomic E-state index is -0.986. The molecule has 5 heteroatoms. The van der Waals surface area contributed by atoms with Gasteiger partial charge < -0.3 is 10.0 Å². The summed E-state index contributed by atoms with van der Waals surface area (Å²) in [7, 11) is 0. The first-order chi connectivity index (χ1) is 9.38. The van der Waals surface area contributed by atoms with Crippen LogP contribution in [0.3, 0.4) is 0 Å². The topological polar surface area (TPSA) is 66.3 Å². The van der Waals surface area contributed by atoms with Crippen molar-refractivity contribution in [2.24, 2.45) is 11.3 Å². The maximum Gasteiger partial charge on any atom is 0.338 e. The summed E-state index contributed by atoms with van der Waals surface area (Å²) in [5, 5.41) is 8.86. The van der Waals surface area contributed by atoms with Crippen LogP contribution in [-0.2, 0) is 0 Å². The van der Waals surface area contributed by atoms with Crippen molar-refractivity contribution in [2.75, 3.05) is 18.0 Å². The Morgan fingerprint density at radius 2 is 1.90 bits per heavy atom. The summed E-state index contributed by atoms with van der Waals surface area (Å²) in [5.41, 5.74) is 0.473. The quantitative estimate of drug-likeness (QED) is 0.900. The van der Waals surface area contributed by atoms with Gasteiger partial charge in [0, 0.05) is 25.5 Å². The lowest BCUT2D eigenvalue weighted by atomic mass is 9.77. The molecule has 1 aromatic rings. The third kappa shape index (κ3) is 3.46. The van der Waals surface area contributed by atoms with Gasteiger partial charge in [-0.15, -0.1) is 0 Å². The molecule has 2 rings (SSSR count). The standard InChI is InChI=1S/C15H23N3O2/c1-15(2,3)12-5-4-7-18(8-6-12)14-16-9-11(10-17-14)13(19)20/h9-10,12H,4-8H2,1-3H3,(H,19,20). The minimum absolute atomic E-state index is 0.135. The van der Waals surface area contributed by atoms with Crippen LogP contribution in [0.4, 0.5) is 5.95 Å². The van der Waals surface area contributed by atoms with E-state index in [0.29, 0.717) is 17.3 Å². The molecule has 1 atom stereocenters. The largest absolute Gasteiger partial charge is 0.478 e. The average molecular weight is 277 g/mol. The third-order valence-corrected chi connectivity index (χ3v) is 4.12. The summed E-state index contributed by atoms with van der Waals surface area (Å²) >= 11 is 0. The molecule has 20 heavy (non-hydrogen) atoms. The number of nitrogens with zero attached hydrogens (tertiary/aromatic N) is 3. The fourth-order valence-electron chi connectivity index (χ4n) is 2.76. The highest BCUT2D eigenvalue weighted by atomic mass is 16.4. The Morgan fingerprint density at radius 3 is 2.45 bits per heavy atom. The lowest BCUT2D eigenvalue weighted by Crippen LogP contribution is -2.27. The number of aromatic nitrogens is 2. The van der Waals surface area contributed by atoms with E-state index in [-0.39, 0.29) is 5.56 Å². The van der Waals surface area contributed by atoms with Gasteiger partial charge in [0.1, 0.15) is 0 Å². The van der Waals surface area contributed by atoms with Gasteiger partial charge in [0.15, 0.2) is 0 Å². The number of hydrogen-bond donors (Lipinski definition) is 1. The van der Waals surface area contributed by atoms with Crippen molar-refractivity contribution < 1.29 is 9.90 Å². The lowest BCUT2D eigenvalue weighted by Gasteiger charge is -2.29. The number of carboxylic acid groups (broad SMARTS) is 1. The second kappa shape index (κ2) is 5.77. The summed E-state index contributed by atoms with van der Waals surface area (Å²) in [6.45, 7) is 8.77. The number of anilines is 1. The highest BCUT2D eigenvalue weighted by Crippen LogP contribution is 2.34. The number of aromatic carboxylic acids is 1. The monoisotopic (exact) mass is 277 g/mol. The van der Waals surface area contributed by atoms with Crippen LogP contribution < -0.4 is 4.90 Å². The van der Waals surface area contributed by atoms with Crippen LogP contribution in [0.25, 0.3) is 0 Å². The number of rotatable bonds is 2. The normalized spacial score (nSPS) is 20.6. The molecule has 1 unspecified atom stereocenters. The predicted octanol–water partition coefficient (Wildman–Crippen LogP) is 2.83. The van der Waals surface area contributed by atoms with E-state index in [0.717, 1.165) is 25.9 Å². The smallest absolute Gasteiger partial charge is 0.338 e. The molecule has 1 saturated heterocycles. The van der Waals surface area contributed by atoms with E-state index in [1.807, 2.05) is 0 Å². The van der Waals surface area contributed by atoms with Gasteiger partial charge in [0.25, 0.3) is 0 Å². The van der Waals surface area contributed by atoms with Gasteiger partial charge in [-0.2, -0.15) is 0 Å². The van der Waals surface area contributed by atoms with E-state index in [4.69, 9.17) is 5.11 Å². The Bertz CT molecular complexity index is 465. The molecule has 0 aromatic carbocycles. The first kappa shape index (κ1) is 14.8. The van der Waals surface area contributed by atoms with Gasteiger partial charge in [-0.3, -0.25) is 0 Å². The van der Waals surface area contributed by atoms with E-state index >= 15 is 0 Å². The van der Waals surface area contributed by atoms with Crippen molar-refractivity contribution in [1.82, 2.24) is 9.97 Å². The summed E-state index contributed by atoms with van der Waals surface area (Å²) in [4.78, 5) is 21.3. The highest BCUT2D eigenvalue weighted by Gasteiger charge is 2.27. The number of carbonyl (C=O) groups is 1. The van der Waals surface area contributed by atoms with Gasteiger partial charge in [0.2, 0.25) is 5.95 Å². The van der Waals surface area contributed by atoms with Gasteiger partial charge in [-0.1, -0.05) is 20.8 Å². The van der Waals surface area contributed by atoms with E-state index in [2.05, 4.69) is 35.6 Å². The van der Waals surface area contributed by atoms with Crippen molar-refractivity contribution in [2.45, 2.75) is 40.0 Å². The number of hydrogen-bond acceptors (Lipinski definition) is 4. The summed E-state index contributed by atoms with van der Waals surface area (Å²) in [6.07, 6.45) is 6.26. The van der Waals surface area contributed by atoms with Crippen molar-refractivity contribution in [3.05, 3.63) is 18.0 Å². The summed E-state index contributed by atoms with van der Waals surface area (Å²) in [5.74, 6) is 0.371. The van der Waals surface area contributed by atoms with Crippen LogP contribution in [-0.4, -0.2) is 34.1 Å². The molecule has 0 amide bonds. The Labute approximate surface area is 120 Å². The van der Waals surface area contributed by atoms with Crippen molar-refractivity contribution in [3.63, 3.8) is 0 Å². The molecule has 1 N–H and O–H groups in total. The molecule has 0 saturated carbocycles. The van der Waals surface area contributed by atoms with Crippen molar-refractivity contribution in [3.8, 4) is 0 Å². The molecule has 1 aliphatic heterocycles. The second-order valence-electron chi connectivity index (χ2n) is 6.56. The molecule has 5 nitrogen and oxygen atoms in total. The Balaban J connectivity index is 2.05. The lowest BCUT2D eigenvalue weighted by molar-refractivity contribution is 0.0696. The fourth-order valence-corrected chi connectivity index (χ4v) is 2.76. The Hall–Kier alpha value is -1.65. The predicted molar refractivity (Wildman–Crippen MR) is 78.0 cm³/mol. The second-order valence-corrected chi connectivity index (χ2v) is 6.56. The summed E-state index contributed by atoms with van der Waals surface area (Å²) < 4.78 is 0. The molecule has 110 valence electrons. The molecule has 2 heterocycles. The van der Waals surface area contributed by atoms with Crippen LogP contribution in [0.2, 0.25) is 0 Å². The minimum Gasteiger partial charge on any atom is -0.478 e. The van der Waals surface area contributed by atoms with E-state index in [1.54, 1.807) is 0 Å². The molecule has 1 fully saturated rings. The summed E-state index contributed by atoms with van der Waals surface area (Å²) in [6, 6.07) is 0. The highest BCUT2D eigenvalue weighted by molar-refractivity contribution is 5.86. The average Bonchev–Trinajstić information content (AvgIpc) is 2.64. The Kier molecular flexibility index (Phi) is 4.26. The fraction of sp³-hybridized carbons (Fsp3) is 0.667. The van der Waals surface area contributed by atoms with Gasteiger partial charge in [0.05, 0.1) is 5.56 Å². The van der Waals surface area contributed by atoms with E-state index < -0.39 is 5.97 Å². The first-order valence-electron chi connectivity index (χ1n) is 7.18. The van der Waals surface area contributed by atoms with Gasteiger partial charge in [-0.25, -0.2) is 14.8 Å². The van der Waals surface area contributed by atoms with Crippen LogP contribution in [0.15, 0.2) is 12.4 Å². The molecule has 0 bridgehead atoms. The van der Waals surface area contributed by atoms with Crippen molar-refractivity contribution >= 4 is 11.9 Å². The van der Waals surface area contributed by atoms with Crippen LogP contribution in [0.1, 0.15) is 50.4 Å². The molecule has 0 aliphatic carbocycles. The Morgan fingerprint density at radius 1 is 1.25 bits per heavy atom. The van der Waals surface area contributed by atoms with E-state index in [1.165, 1.54) is 18.8 Å². The van der Waals surface area contributed by atoms with Crippen LogP contribution in [0.5, 0.6) is 0 Å². The molecule has 0 spiro atoms. The first-order valence-corrected chi connectivity index (χ1v) is 7.18. The van der Waals surface area contributed by atoms with Crippen LogP contribution in [0, 0.1) is 11.3 Å². The number of carboxylic acids is 1. The third-order valence-electron chi connectivity index (χ3n) is 4.12. The van der Waals surface area contributed by atoms with Crippen molar-refractivity contribution in [1.29, 1.82) is 0 Å². The molecular formula is C15H23N3O2. The van der Waals surface area contributed by atoms with Crippen LogP contribution >= 0.6 is 0 Å². The molecule has 0 radical (unpaired) electrons. The molecular weight excluding hydrogens is 254 g/mol. The zero-order chi connectivity index (χ0) is 14.8. The van der Waals surface area contributed by atoms with E-state index in [9.17, 15) is 4.79 Å². The molecule has 1 aromatic heterocycles. The van der Waals surface area contributed by atoms with Gasteiger partial charge in [-0.05, 0) is 30.6 Å². The zero-order valence-electron chi connectivity index (χ0n) is 12.5. The zero-order valence-corrected chi connectivity index (χ0v) is 12.5. The maximum absolute atomic E-state index is 10.8. The molecule has 1 aliphatic rings.